The Hall–Kier alpha value is -1.55. The molecule has 2 atom stereocenters. The average molecular weight is 371 g/mol. The van der Waals surface area contributed by atoms with E-state index >= 15 is 0 Å². The van der Waals surface area contributed by atoms with Crippen LogP contribution in [-0.2, 0) is 6.42 Å². The summed E-state index contributed by atoms with van der Waals surface area (Å²) in [5, 5.41) is 3.67. The van der Waals surface area contributed by atoms with Crippen molar-refractivity contribution in [1.82, 2.24) is 15.1 Å². The minimum absolute atomic E-state index is 0.742. The van der Waals surface area contributed by atoms with Gasteiger partial charge in [-0.25, -0.2) is 0 Å². The normalized spacial score (nSPS) is 24.1. The standard InChI is InChI=1S/C23H38N4/c1-19(2)15-21-11-14-27(18-21)23(24-3)25-16-22-10-13-26(17-22)12-9-20-7-5-4-6-8-20/h4-8,19,21-22H,9-18H2,1-3H3,(H,24,25). The van der Waals surface area contributed by atoms with Gasteiger partial charge in [0.05, 0.1) is 0 Å². The first-order valence-corrected chi connectivity index (χ1v) is 10.9. The molecule has 0 bridgehead atoms. The van der Waals surface area contributed by atoms with E-state index in [2.05, 4.69) is 64.3 Å². The average Bonchev–Trinajstić information content (AvgIpc) is 3.31. The second-order valence-electron chi connectivity index (χ2n) is 8.85. The number of hydrogen-bond donors (Lipinski definition) is 1. The zero-order valence-electron chi connectivity index (χ0n) is 17.5. The van der Waals surface area contributed by atoms with Gasteiger partial charge in [-0.3, -0.25) is 4.99 Å². The molecule has 0 amide bonds. The minimum atomic E-state index is 0.742. The van der Waals surface area contributed by atoms with E-state index in [-0.39, 0.29) is 0 Å². The maximum Gasteiger partial charge on any atom is 0.193 e. The Morgan fingerprint density at radius 2 is 1.89 bits per heavy atom. The van der Waals surface area contributed by atoms with Crippen LogP contribution in [0.15, 0.2) is 35.3 Å². The van der Waals surface area contributed by atoms with Crippen LogP contribution in [0.3, 0.4) is 0 Å². The lowest BCUT2D eigenvalue weighted by Gasteiger charge is -2.23. The van der Waals surface area contributed by atoms with Crippen molar-refractivity contribution in [3.05, 3.63) is 35.9 Å². The molecule has 0 saturated carbocycles. The van der Waals surface area contributed by atoms with E-state index in [0.717, 1.165) is 43.2 Å². The van der Waals surface area contributed by atoms with Crippen molar-refractivity contribution in [1.29, 1.82) is 0 Å². The molecule has 27 heavy (non-hydrogen) atoms. The number of hydrogen-bond acceptors (Lipinski definition) is 2. The van der Waals surface area contributed by atoms with Crippen molar-refractivity contribution < 1.29 is 0 Å². The molecule has 2 saturated heterocycles. The highest BCUT2D eigenvalue weighted by atomic mass is 15.3. The Morgan fingerprint density at radius 1 is 1.11 bits per heavy atom. The van der Waals surface area contributed by atoms with E-state index in [1.807, 2.05) is 7.05 Å². The van der Waals surface area contributed by atoms with Crippen molar-refractivity contribution in [3.8, 4) is 0 Å². The molecule has 2 unspecified atom stereocenters. The molecule has 2 fully saturated rings. The van der Waals surface area contributed by atoms with Gasteiger partial charge in [-0.15, -0.1) is 0 Å². The second kappa shape index (κ2) is 10.1. The van der Waals surface area contributed by atoms with Crippen LogP contribution in [0.2, 0.25) is 0 Å². The Balaban J connectivity index is 1.37. The van der Waals surface area contributed by atoms with Gasteiger partial charge >= 0.3 is 0 Å². The summed E-state index contributed by atoms with van der Waals surface area (Å²) in [6.45, 7) is 11.7. The monoisotopic (exact) mass is 370 g/mol. The largest absolute Gasteiger partial charge is 0.356 e. The Bertz CT molecular complexity index is 583. The molecule has 1 N–H and O–H groups in total. The predicted octanol–water partition coefficient (Wildman–Crippen LogP) is 3.49. The first kappa shape index (κ1) is 20.2. The van der Waals surface area contributed by atoms with Crippen molar-refractivity contribution in [3.63, 3.8) is 0 Å². The first-order chi connectivity index (χ1) is 13.1. The van der Waals surface area contributed by atoms with Gasteiger partial charge in [-0.2, -0.15) is 0 Å². The number of aliphatic imine (C=N–C) groups is 1. The lowest BCUT2D eigenvalue weighted by molar-refractivity contribution is 0.327. The molecule has 3 rings (SSSR count). The summed E-state index contributed by atoms with van der Waals surface area (Å²) in [6, 6.07) is 10.9. The van der Waals surface area contributed by atoms with E-state index in [4.69, 9.17) is 0 Å². The summed E-state index contributed by atoms with van der Waals surface area (Å²) in [5.41, 5.74) is 1.45. The lowest BCUT2D eigenvalue weighted by atomic mass is 9.97. The third-order valence-electron chi connectivity index (χ3n) is 6.08. The quantitative estimate of drug-likeness (QED) is 0.589. The molecule has 0 aliphatic carbocycles. The van der Waals surface area contributed by atoms with Crippen LogP contribution in [0.1, 0.15) is 38.7 Å². The van der Waals surface area contributed by atoms with Crippen LogP contribution in [0.4, 0.5) is 0 Å². The maximum atomic E-state index is 4.56. The number of nitrogens with zero attached hydrogens (tertiary/aromatic N) is 3. The molecule has 2 heterocycles. The molecule has 150 valence electrons. The summed E-state index contributed by atoms with van der Waals surface area (Å²) in [6.07, 6.45) is 5.12. The molecule has 2 aliphatic rings. The van der Waals surface area contributed by atoms with Crippen LogP contribution in [-0.4, -0.2) is 62.1 Å². The zero-order valence-corrected chi connectivity index (χ0v) is 17.5. The highest BCUT2D eigenvalue weighted by Gasteiger charge is 2.27. The van der Waals surface area contributed by atoms with Gasteiger partial charge in [0.15, 0.2) is 5.96 Å². The molecule has 1 aromatic carbocycles. The van der Waals surface area contributed by atoms with Crippen LogP contribution in [0.5, 0.6) is 0 Å². The van der Waals surface area contributed by atoms with E-state index in [9.17, 15) is 0 Å². The fourth-order valence-corrected chi connectivity index (χ4v) is 4.67. The van der Waals surface area contributed by atoms with Crippen LogP contribution < -0.4 is 5.32 Å². The maximum absolute atomic E-state index is 4.56. The van der Waals surface area contributed by atoms with E-state index in [1.165, 1.54) is 51.0 Å². The number of likely N-dealkylation sites (tertiary alicyclic amines) is 2. The SMILES string of the molecule is CN=C(NCC1CCN(CCc2ccccc2)C1)N1CCC(CC(C)C)C1. The summed E-state index contributed by atoms with van der Waals surface area (Å²) >= 11 is 0. The van der Waals surface area contributed by atoms with Gasteiger partial charge in [0.2, 0.25) is 0 Å². The Labute approximate surface area is 166 Å². The highest BCUT2D eigenvalue weighted by molar-refractivity contribution is 5.80. The van der Waals surface area contributed by atoms with Crippen LogP contribution in [0, 0.1) is 17.8 Å². The molecule has 0 spiro atoms. The molecule has 0 aromatic heterocycles. The van der Waals surface area contributed by atoms with E-state index in [0.29, 0.717) is 0 Å². The van der Waals surface area contributed by atoms with Crippen LogP contribution >= 0.6 is 0 Å². The lowest BCUT2D eigenvalue weighted by Crippen LogP contribution is -2.42. The summed E-state index contributed by atoms with van der Waals surface area (Å²) in [5.74, 6) is 3.49. The molecule has 4 nitrogen and oxygen atoms in total. The van der Waals surface area contributed by atoms with Crippen molar-refractivity contribution in [2.45, 2.75) is 39.5 Å². The summed E-state index contributed by atoms with van der Waals surface area (Å²) < 4.78 is 0. The van der Waals surface area contributed by atoms with Crippen molar-refractivity contribution >= 4 is 5.96 Å². The summed E-state index contributed by atoms with van der Waals surface area (Å²) in [7, 11) is 1.93. The Kier molecular flexibility index (Phi) is 7.57. The molecule has 1 aromatic rings. The van der Waals surface area contributed by atoms with Gasteiger partial charge in [0, 0.05) is 39.8 Å². The molecule has 2 aliphatic heterocycles. The van der Waals surface area contributed by atoms with Gasteiger partial charge in [0.25, 0.3) is 0 Å². The fraction of sp³-hybridized carbons (Fsp3) is 0.696. The third-order valence-corrected chi connectivity index (χ3v) is 6.08. The van der Waals surface area contributed by atoms with Crippen LogP contribution in [0.25, 0.3) is 0 Å². The second-order valence-corrected chi connectivity index (χ2v) is 8.85. The van der Waals surface area contributed by atoms with Crippen molar-refractivity contribution in [2.24, 2.45) is 22.7 Å². The number of nitrogens with one attached hydrogen (secondary N) is 1. The number of guanidine groups is 1. The first-order valence-electron chi connectivity index (χ1n) is 10.9. The van der Waals surface area contributed by atoms with Gasteiger partial charge < -0.3 is 15.1 Å². The molecule has 0 radical (unpaired) electrons. The summed E-state index contributed by atoms with van der Waals surface area (Å²) in [4.78, 5) is 9.65. The zero-order chi connectivity index (χ0) is 19.1. The minimum Gasteiger partial charge on any atom is -0.356 e. The third kappa shape index (κ3) is 6.24. The smallest absolute Gasteiger partial charge is 0.193 e. The molecular formula is C23H38N4. The predicted molar refractivity (Wildman–Crippen MR) is 115 cm³/mol. The van der Waals surface area contributed by atoms with Gasteiger partial charge in [-0.05, 0) is 55.5 Å². The van der Waals surface area contributed by atoms with Gasteiger partial charge in [-0.1, -0.05) is 44.2 Å². The molecular weight excluding hydrogens is 332 g/mol. The van der Waals surface area contributed by atoms with E-state index < -0.39 is 0 Å². The highest BCUT2D eigenvalue weighted by Crippen LogP contribution is 2.23. The Morgan fingerprint density at radius 3 is 2.63 bits per heavy atom. The molecule has 4 heteroatoms. The van der Waals surface area contributed by atoms with E-state index in [1.54, 1.807) is 0 Å². The topological polar surface area (TPSA) is 30.9 Å². The number of benzene rings is 1. The number of rotatable bonds is 7. The van der Waals surface area contributed by atoms with Crippen molar-refractivity contribution in [2.75, 3.05) is 46.3 Å². The fourth-order valence-electron chi connectivity index (χ4n) is 4.67. The van der Waals surface area contributed by atoms with Gasteiger partial charge in [0.1, 0.15) is 0 Å².